The largest absolute Gasteiger partial charge is 0.383 e. The second-order valence-electron chi connectivity index (χ2n) is 8.66. The van der Waals surface area contributed by atoms with Crippen LogP contribution in [0.4, 0.5) is 16.6 Å². The van der Waals surface area contributed by atoms with E-state index in [-0.39, 0.29) is 0 Å². The molecular weight excluding hydrogens is 436 g/mol. The van der Waals surface area contributed by atoms with Gasteiger partial charge in [-0.15, -0.1) is 0 Å². The molecule has 2 aliphatic heterocycles. The molecule has 0 amide bonds. The van der Waals surface area contributed by atoms with E-state index >= 15 is 0 Å². The van der Waals surface area contributed by atoms with Crippen molar-refractivity contribution < 1.29 is 4.74 Å². The Morgan fingerprint density at radius 3 is 2.94 bits per heavy atom. The van der Waals surface area contributed by atoms with Crippen molar-refractivity contribution in [2.45, 2.75) is 25.4 Å². The van der Waals surface area contributed by atoms with Crippen molar-refractivity contribution in [3.63, 3.8) is 0 Å². The number of piperazine rings is 1. The van der Waals surface area contributed by atoms with E-state index in [1.54, 1.807) is 13.3 Å². The predicted molar refractivity (Wildman–Crippen MR) is 130 cm³/mol. The maximum atomic E-state index is 5.26. The number of thiazole rings is 1. The van der Waals surface area contributed by atoms with Crippen LogP contribution in [0.15, 0.2) is 36.7 Å². The average Bonchev–Trinajstić information content (AvgIpc) is 3.60. The van der Waals surface area contributed by atoms with Crippen molar-refractivity contribution in [3.8, 4) is 11.3 Å². The molecule has 2 fully saturated rings. The Morgan fingerprint density at radius 2 is 2.15 bits per heavy atom. The zero-order valence-corrected chi connectivity index (χ0v) is 19.5. The fourth-order valence-electron chi connectivity index (χ4n) is 4.95. The number of H-pyrrole nitrogens is 1. The molecule has 2 aliphatic rings. The standard InChI is InChI=1S/C23H26N8OS/c1-14-18(11-25-29-14)19-3-4-20-22(26-19)33-23(27-20)28-21-10-15(5-6-24-21)31-13-16-9-17(31)12-30(16)7-8-32-2/h3-6,10-11,16-17H,7-9,12-13H2,1-2H3,(H,25,29)(H,24,27,28)/t16-,17-/m0/s1. The van der Waals surface area contributed by atoms with Crippen LogP contribution in [-0.2, 0) is 4.74 Å². The van der Waals surface area contributed by atoms with E-state index in [1.165, 1.54) is 23.4 Å². The number of hydrogen-bond acceptors (Lipinski definition) is 9. The highest BCUT2D eigenvalue weighted by atomic mass is 32.1. The maximum Gasteiger partial charge on any atom is 0.190 e. The molecule has 170 valence electrons. The van der Waals surface area contributed by atoms with Gasteiger partial charge in [0.05, 0.1) is 18.5 Å². The van der Waals surface area contributed by atoms with Crippen LogP contribution < -0.4 is 10.2 Å². The van der Waals surface area contributed by atoms with Crippen LogP contribution in [-0.4, -0.2) is 75.5 Å². The molecule has 2 N–H and O–H groups in total. The van der Waals surface area contributed by atoms with E-state index < -0.39 is 0 Å². The highest BCUT2D eigenvalue weighted by molar-refractivity contribution is 7.21. The van der Waals surface area contributed by atoms with Gasteiger partial charge in [-0.05, 0) is 31.5 Å². The third kappa shape index (κ3) is 3.84. The summed E-state index contributed by atoms with van der Waals surface area (Å²) in [6, 6.07) is 9.38. The summed E-state index contributed by atoms with van der Waals surface area (Å²) >= 11 is 1.53. The van der Waals surface area contributed by atoms with Crippen LogP contribution in [0.3, 0.4) is 0 Å². The fraction of sp³-hybridized carbons (Fsp3) is 0.391. The van der Waals surface area contributed by atoms with Gasteiger partial charge in [0.1, 0.15) is 16.2 Å². The number of aromatic nitrogens is 5. The van der Waals surface area contributed by atoms with Gasteiger partial charge in [-0.1, -0.05) is 11.3 Å². The van der Waals surface area contributed by atoms with Crippen molar-refractivity contribution in [2.75, 3.05) is 43.6 Å². The van der Waals surface area contributed by atoms with Gasteiger partial charge in [-0.2, -0.15) is 5.10 Å². The lowest BCUT2D eigenvalue weighted by Crippen LogP contribution is -2.47. The number of nitrogens with one attached hydrogen (secondary N) is 2. The molecule has 0 saturated carbocycles. The van der Waals surface area contributed by atoms with Crippen LogP contribution >= 0.6 is 11.3 Å². The predicted octanol–water partition coefficient (Wildman–Crippen LogP) is 3.44. The van der Waals surface area contributed by atoms with Crippen LogP contribution in [0.2, 0.25) is 0 Å². The minimum absolute atomic E-state index is 0.554. The minimum Gasteiger partial charge on any atom is -0.383 e. The number of pyridine rings is 2. The third-order valence-electron chi connectivity index (χ3n) is 6.61. The quantitative estimate of drug-likeness (QED) is 0.431. The van der Waals surface area contributed by atoms with Crippen molar-refractivity contribution in [3.05, 3.63) is 42.4 Å². The lowest BCUT2D eigenvalue weighted by molar-refractivity contribution is 0.136. The average molecular weight is 463 g/mol. The molecule has 9 nitrogen and oxygen atoms in total. The van der Waals surface area contributed by atoms with E-state index in [2.05, 4.69) is 42.4 Å². The summed E-state index contributed by atoms with van der Waals surface area (Å²) in [6.45, 7) is 5.96. The number of fused-ring (bicyclic) bond motifs is 3. The maximum absolute atomic E-state index is 5.26. The number of methoxy groups -OCH3 is 1. The number of ether oxygens (including phenoxy) is 1. The van der Waals surface area contributed by atoms with E-state index in [0.717, 1.165) is 64.5 Å². The number of rotatable bonds is 7. The molecular formula is C23H26N8OS. The molecule has 2 saturated heterocycles. The molecule has 10 heteroatoms. The first-order valence-corrected chi connectivity index (χ1v) is 12.0. The monoisotopic (exact) mass is 462 g/mol. The number of aryl methyl sites for hydroxylation is 1. The molecule has 0 aliphatic carbocycles. The minimum atomic E-state index is 0.554. The van der Waals surface area contributed by atoms with Crippen LogP contribution in [0.1, 0.15) is 12.1 Å². The molecule has 6 heterocycles. The first-order valence-electron chi connectivity index (χ1n) is 11.2. The van der Waals surface area contributed by atoms with Crippen molar-refractivity contribution in [1.29, 1.82) is 0 Å². The SMILES string of the molecule is COCCN1C[C@@H]2C[C@H]1CN2c1ccnc(Nc2nc3ccc(-c4cn[nH]c4C)nc3s2)c1. The lowest BCUT2D eigenvalue weighted by atomic mass is 10.2. The molecule has 4 aromatic heterocycles. The molecule has 6 rings (SSSR count). The molecule has 2 bridgehead atoms. The Balaban J connectivity index is 1.18. The van der Waals surface area contributed by atoms with E-state index in [0.29, 0.717) is 12.1 Å². The third-order valence-corrected chi connectivity index (χ3v) is 7.49. The Kier molecular flexibility index (Phi) is 5.20. The summed E-state index contributed by atoms with van der Waals surface area (Å²) < 4.78 is 5.26. The second kappa shape index (κ2) is 8.36. The van der Waals surface area contributed by atoms with Crippen molar-refractivity contribution >= 4 is 38.3 Å². The van der Waals surface area contributed by atoms with Gasteiger partial charge in [-0.25, -0.2) is 15.0 Å². The zero-order valence-electron chi connectivity index (χ0n) is 18.7. The lowest BCUT2D eigenvalue weighted by Gasteiger charge is -2.35. The Morgan fingerprint density at radius 1 is 1.21 bits per heavy atom. The van der Waals surface area contributed by atoms with Gasteiger partial charge in [0.2, 0.25) is 0 Å². The Bertz CT molecular complexity index is 1290. The van der Waals surface area contributed by atoms with E-state index in [4.69, 9.17) is 14.7 Å². The second-order valence-corrected chi connectivity index (χ2v) is 9.63. The summed E-state index contributed by atoms with van der Waals surface area (Å²) in [5, 5.41) is 11.2. The summed E-state index contributed by atoms with van der Waals surface area (Å²) in [5.74, 6) is 0.802. The summed E-state index contributed by atoms with van der Waals surface area (Å²) in [7, 11) is 1.77. The molecule has 4 aromatic rings. The topological polar surface area (TPSA) is 95.1 Å². The van der Waals surface area contributed by atoms with Gasteiger partial charge in [0, 0.05) is 68.0 Å². The number of aromatic amines is 1. The molecule has 0 radical (unpaired) electrons. The van der Waals surface area contributed by atoms with E-state index in [9.17, 15) is 0 Å². The van der Waals surface area contributed by atoms with Crippen LogP contribution in [0.25, 0.3) is 21.6 Å². The number of hydrogen-bond donors (Lipinski definition) is 2. The Hall–Kier alpha value is -3.08. The highest BCUT2D eigenvalue weighted by Crippen LogP contribution is 2.36. The molecule has 0 unspecified atom stereocenters. The summed E-state index contributed by atoms with van der Waals surface area (Å²) in [6.07, 6.45) is 4.90. The van der Waals surface area contributed by atoms with Gasteiger partial charge in [-0.3, -0.25) is 10.00 Å². The van der Waals surface area contributed by atoms with Gasteiger partial charge in [0.15, 0.2) is 5.13 Å². The first-order chi connectivity index (χ1) is 16.2. The molecule has 0 spiro atoms. The van der Waals surface area contributed by atoms with Crippen LogP contribution in [0, 0.1) is 6.92 Å². The normalized spacial score (nSPS) is 20.2. The van der Waals surface area contributed by atoms with Crippen molar-refractivity contribution in [1.82, 2.24) is 30.0 Å². The summed E-state index contributed by atoms with van der Waals surface area (Å²) in [5.41, 5.74) is 4.99. The highest BCUT2D eigenvalue weighted by Gasteiger charge is 2.42. The fourth-order valence-corrected chi connectivity index (χ4v) is 5.80. The summed E-state index contributed by atoms with van der Waals surface area (Å²) in [4.78, 5) is 20.0. The van der Waals surface area contributed by atoms with Gasteiger partial charge in [0.25, 0.3) is 0 Å². The number of anilines is 3. The zero-order chi connectivity index (χ0) is 22.4. The Labute approximate surface area is 195 Å². The first kappa shape index (κ1) is 20.5. The molecule has 2 atom stereocenters. The van der Waals surface area contributed by atoms with Gasteiger partial charge < -0.3 is 15.0 Å². The van der Waals surface area contributed by atoms with Crippen LogP contribution in [0.5, 0.6) is 0 Å². The molecule has 0 aromatic carbocycles. The molecule has 33 heavy (non-hydrogen) atoms. The van der Waals surface area contributed by atoms with Gasteiger partial charge >= 0.3 is 0 Å². The number of likely N-dealkylation sites (tertiary alicyclic amines) is 1. The smallest absolute Gasteiger partial charge is 0.190 e. The number of nitrogens with zero attached hydrogens (tertiary/aromatic N) is 6. The van der Waals surface area contributed by atoms with E-state index in [1.807, 2.05) is 25.3 Å². The van der Waals surface area contributed by atoms with Crippen molar-refractivity contribution in [2.24, 2.45) is 0 Å².